The van der Waals surface area contributed by atoms with E-state index in [0.29, 0.717) is 6.61 Å². The topological polar surface area (TPSA) is 29.5 Å². The Morgan fingerprint density at radius 3 is 2.78 bits per heavy atom. The van der Waals surface area contributed by atoms with Gasteiger partial charge in [0.2, 0.25) is 5.91 Å². The Morgan fingerprint density at radius 2 is 2.11 bits per heavy atom. The predicted molar refractivity (Wildman–Crippen MR) is 73.1 cm³/mol. The molecule has 0 radical (unpaired) electrons. The van der Waals surface area contributed by atoms with Crippen LogP contribution < -0.4 is 4.90 Å². The van der Waals surface area contributed by atoms with E-state index in [-0.39, 0.29) is 5.91 Å². The van der Waals surface area contributed by atoms with Gasteiger partial charge in [-0.2, -0.15) is 0 Å². The van der Waals surface area contributed by atoms with Gasteiger partial charge in [-0.15, -0.1) is 0 Å². The van der Waals surface area contributed by atoms with Crippen molar-refractivity contribution in [2.75, 3.05) is 25.7 Å². The average molecular weight is 247 g/mol. The van der Waals surface area contributed by atoms with Gasteiger partial charge in [-0.1, -0.05) is 17.7 Å². The molecule has 0 aliphatic carbocycles. The summed E-state index contributed by atoms with van der Waals surface area (Å²) in [4.78, 5) is 14.3. The minimum Gasteiger partial charge on any atom is -0.385 e. The van der Waals surface area contributed by atoms with Gasteiger partial charge < -0.3 is 9.64 Å². The lowest BCUT2D eigenvalue weighted by atomic mass is 9.79. The van der Waals surface area contributed by atoms with Crippen LogP contribution in [0, 0.1) is 6.92 Å². The summed E-state index contributed by atoms with van der Waals surface area (Å²) in [6.45, 7) is 4.82. The van der Waals surface area contributed by atoms with Crippen LogP contribution in [0.15, 0.2) is 18.2 Å². The largest absolute Gasteiger partial charge is 0.385 e. The maximum Gasteiger partial charge on any atom is 0.237 e. The molecule has 0 saturated heterocycles. The number of carbonyl (C=O) groups excluding carboxylic acids is 1. The van der Waals surface area contributed by atoms with Gasteiger partial charge in [0.25, 0.3) is 0 Å². The van der Waals surface area contributed by atoms with E-state index >= 15 is 0 Å². The highest BCUT2D eigenvalue weighted by Gasteiger charge is 2.45. The molecule has 3 nitrogen and oxygen atoms in total. The number of amides is 1. The van der Waals surface area contributed by atoms with Crippen molar-refractivity contribution in [3.8, 4) is 0 Å². The maximum atomic E-state index is 12.5. The molecule has 98 valence electrons. The minimum absolute atomic E-state index is 0.194. The van der Waals surface area contributed by atoms with Crippen LogP contribution in [-0.4, -0.2) is 26.7 Å². The summed E-state index contributed by atoms with van der Waals surface area (Å²) in [5.74, 6) is 0.194. The Labute approximate surface area is 109 Å². The second kappa shape index (κ2) is 4.73. The third-order valence-electron chi connectivity index (χ3n) is 3.91. The Morgan fingerprint density at radius 1 is 1.39 bits per heavy atom. The maximum absolute atomic E-state index is 12.5. The highest BCUT2D eigenvalue weighted by atomic mass is 16.5. The van der Waals surface area contributed by atoms with Gasteiger partial charge in [0.05, 0.1) is 5.41 Å². The molecular formula is C15H21NO2. The van der Waals surface area contributed by atoms with Gasteiger partial charge in [0.1, 0.15) is 0 Å². The molecule has 1 aromatic rings. The number of anilines is 1. The number of carbonyl (C=O) groups is 1. The fraction of sp³-hybridized carbons (Fsp3) is 0.533. The molecule has 1 unspecified atom stereocenters. The van der Waals surface area contributed by atoms with Gasteiger partial charge in [-0.25, -0.2) is 0 Å². The molecule has 2 rings (SSSR count). The zero-order chi connectivity index (χ0) is 13.3. The molecule has 0 saturated carbocycles. The summed E-state index contributed by atoms with van der Waals surface area (Å²) in [5, 5.41) is 0. The first kappa shape index (κ1) is 13.1. The summed E-state index contributed by atoms with van der Waals surface area (Å²) in [6, 6.07) is 6.25. The van der Waals surface area contributed by atoms with E-state index in [4.69, 9.17) is 4.74 Å². The quantitative estimate of drug-likeness (QED) is 0.766. The number of fused-ring (bicyclic) bond motifs is 1. The van der Waals surface area contributed by atoms with Crippen molar-refractivity contribution < 1.29 is 9.53 Å². The fourth-order valence-electron chi connectivity index (χ4n) is 2.79. The summed E-state index contributed by atoms with van der Waals surface area (Å²) in [6.07, 6.45) is 1.74. The minimum atomic E-state index is -0.394. The number of hydrogen-bond donors (Lipinski definition) is 0. The lowest BCUT2D eigenvalue weighted by Gasteiger charge is -2.23. The molecule has 1 atom stereocenters. The molecule has 0 aromatic heterocycles. The number of aryl methyl sites for hydroxylation is 1. The summed E-state index contributed by atoms with van der Waals surface area (Å²) in [5.41, 5.74) is 3.01. The van der Waals surface area contributed by atoms with E-state index in [1.165, 1.54) is 5.56 Å². The van der Waals surface area contributed by atoms with E-state index in [9.17, 15) is 4.79 Å². The van der Waals surface area contributed by atoms with E-state index in [1.807, 2.05) is 20.0 Å². The number of rotatable bonds is 4. The highest BCUT2D eigenvalue weighted by molar-refractivity contribution is 6.07. The first-order valence-electron chi connectivity index (χ1n) is 6.39. The first-order valence-corrected chi connectivity index (χ1v) is 6.39. The number of nitrogens with zero attached hydrogens (tertiary/aromatic N) is 1. The number of methoxy groups -OCH3 is 1. The predicted octanol–water partition coefficient (Wildman–Crippen LogP) is 2.66. The third kappa shape index (κ3) is 1.93. The van der Waals surface area contributed by atoms with Crippen molar-refractivity contribution in [1.82, 2.24) is 0 Å². The van der Waals surface area contributed by atoms with Crippen molar-refractivity contribution in [1.29, 1.82) is 0 Å². The van der Waals surface area contributed by atoms with Crippen molar-refractivity contribution in [2.24, 2.45) is 0 Å². The van der Waals surface area contributed by atoms with Crippen molar-refractivity contribution >= 4 is 11.6 Å². The van der Waals surface area contributed by atoms with Crippen molar-refractivity contribution in [3.05, 3.63) is 29.3 Å². The van der Waals surface area contributed by atoms with Crippen LogP contribution in [0.1, 0.15) is 30.9 Å². The van der Waals surface area contributed by atoms with E-state index < -0.39 is 5.41 Å². The Balaban J connectivity index is 2.37. The number of ether oxygens (including phenoxy) is 1. The lowest BCUT2D eigenvalue weighted by Crippen LogP contribution is -2.36. The van der Waals surface area contributed by atoms with Crippen LogP contribution in [-0.2, 0) is 14.9 Å². The lowest BCUT2D eigenvalue weighted by molar-refractivity contribution is -0.122. The molecular weight excluding hydrogens is 226 g/mol. The summed E-state index contributed by atoms with van der Waals surface area (Å²) in [7, 11) is 3.56. The third-order valence-corrected chi connectivity index (χ3v) is 3.91. The number of benzene rings is 1. The summed E-state index contributed by atoms with van der Waals surface area (Å²) >= 11 is 0. The van der Waals surface area contributed by atoms with Crippen molar-refractivity contribution in [2.45, 2.75) is 32.1 Å². The van der Waals surface area contributed by atoms with E-state index in [1.54, 1.807) is 12.0 Å². The molecule has 3 heteroatoms. The smallest absolute Gasteiger partial charge is 0.237 e. The van der Waals surface area contributed by atoms with Crippen LogP contribution in [0.4, 0.5) is 5.69 Å². The standard InChI is InChI=1S/C15H21NO2/c1-11-6-7-13-12(10-11)15(2,8-5-9-18-4)14(17)16(13)3/h6-7,10H,5,8-9H2,1-4H3. The fourth-order valence-corrected chi connectivity index (χ4v) is 2.79. The number of likely N-dealkylation sites (N-methyl/N-ethyl adjacent to an activating group) is 1. The summed E-state index contributed by atoms with van der Waals surface area (Å²) < 4.78 is 5.10. The Hall–Kier alpha value is -1.35. The van der Waals surface area contributed by atoms with Gasteiger partial charge in [0.15, 0.2) is 0 Å². The normalized spacial score (nSPS) is 22.4. The molecule has 1 heterocycles. The Kier molecular flexibility index (Phi) is 3.44. The molecule has 18 heavy (non-hydrogen) atoms. The second-order valence-electron chi connectivity index (χ2n) is 5.31. The SMILES string of the molecule is COCCCC1(C)C(=O)N(C)c2ccc(C)cc21. The molecule has 0 spiro atoms. The van der Waals surface area contributed by atoms with Crippen LogP contribution >= 0.6 is 0 Å². The molecule has 0 N–H and O–H groups in total. The molecule has 0 bridgehead atoms. The zero-order valence-electron chi connectivity index (χ0n) is 11.6. The van der Waals surface area contributed by atoms with Gasteiger partial charge in [-0.05, 0) is 38.3 Å². The molecule has 1 aliphatic rings. The van der Waals surface area contributed by atoms with E-state index in [2.05, 4.69) is 19.1 Å². The molecule has 1 aliphatic heterocycles. The van der Waals surface area contributed by atoms with Crippen LogP contribution in [0.2, 0.25) is 0 Å². The average Bonchev–Trinajstić information content (AvgIpc) is 2.53. The van der Waals surface area contributed by atoms with Crippen LogP contribution in [0.3, 0.4) is 0 Å². The highest BCUT2D eigenvalue weighted by Crippen LogP contribution is 2.44. The zero-order valence-corrected chi connectivity index (χ0v) is 11.6. The molecule has 1 aromatic carbocycles. The molecule has 0 fully saturated rings. The van der Waals surface area contributed by atoms with Crippen molar-refractivity contribution in [3.63, 3.8) is 0 Å². The van der Waals surface area contributed by atoms with Crippen LogP contribution in [0.5, 0.6) is 0 Å². The van der Waals surface area contributed by atoms with Crippen LogP contribution in [0.25, 0.3) is 0 Å². The van der Waals surface area contributed by atoms with Gasteiger partial charge >= 0.3 is 0 Å². The first-order chi connectivity index (χ1) is 8.50. The van der Waals surface area contributed by atoms with E-state index in [0.717, 1.165) is 24.1 Å². The Bertz CT molecular complexity index is 470. The van der Waals surface area contributed by atoms with Gasteiger partial charge in [-0.3, -0.25) is 4.79 Å². The monoisotopic (exact) mass is 247 g/mol. The van der Waals surface area contributed by atoms with Gasteiger partial charge in [0, 0.05) is 26.5 Å². The number of hydrogen-bond acceptors (Lipinski definition) is 2. The second-order valence-corrected chi connectivity index (χ2v) is 5.31. The molecule has 1 amide bonds.